The number of alkyl halides is 3. The van der Waals surface area contributed by atoms with E-state index < -0.39 is 35.4 Å². The highest BCUT2D eigenvalue weighted by atomic mass is 19.4. The van der Waals surface area contributed by atoms with Crippen LogP contribution < -0.4 is 0 Å². The van der Waals surface area contributed by atoms with Gasteiger partial charge in [-0.1, -0.05) is 13.0 Å². The lowest BCUT2D eigenvalue weighted by atomic mass is 9.89. The number of rotatable bonds is 2. The van der Waals surface area contributed by atoms with Gasteiger partial charge in [0, 0.05) is 0 Å². The second kappa shape index (κ2) is 4.01. The van der Waals surface area contributed by atoms with Gasteiger partial charge in [0.15, 0.2) is 5.60 Å². The van der Waals surface area contributed by atoms with Crippen LogP contribution in [0.3, 0.4) is 0 Å². The van der Waals surface area contributed by atoms with E-state index in [1.165, 1.54) is 0 Å². The zero-order chi connectivity index (χ0) is 12.6. The molecule has 0 spiro atoms. The van der Waals surface area contributed by atoms with Crippen LogP contribution in [-0.2, 0) is 5.60 Å². The maximum absolute atomic E-state index is 13.2. The van der Waals surface area contributed by atoms with Crippen molar-refractivity contribution in [2.75, 3.05) is 0 Å². The lowest BCUT2D eigenvalue weighted by molar-refractivity contribution is -0.269. The van der Waals surface area contributed by atoms with E-state index in [2.05, 4.69) is 0 Å². The van der Waals surface area contributed by atoms with Crippen LogP contribution in [-0.4, -0.2) is 11.3 Å². The fourth-order valence-electron chi connectivity index (χ4n) is 1.41. The third kappa shape index (κ3) is 1.89. The van der Waals surface area contributed by atoms with Crippen LogP contribution in [0, 0.1) is 11.6 Å². The minimum atomic E-state index is -5.13. The molecular formula is C10H9F5O. The number of benzene rings is 1. The fraction of sp³-hybridized carbons (Fsp3) is 0.400. The molecule has 0 radical (unpaired) electrons. The Labute approximate surface area is 88.5 Å². The Balaban J connectivity index is 3.46. The van der Waals surface area contributed by atoms with Crippen LogP contribution in [0.15, 0.2) is 18.2 Å². The summed E-state index contributed by atoms with van der Waals surface area (Å²) in [5.41, 5.74) is -4.85. The molecule has 0 aliphatic carbocycles. The summed E-state index contributed by atoms with van der Waals surface area (Å²) >= 11 is 0. The van der Waals surface area contributed by atoms with Crippen LogP contribution >= 0.6 is 0 Å². The Bertz CT molecular complexity index is 367. The van der Waals surface area contributed by atoms with E-state index >= 15 is 0 Å². The van der Waals surface area contributed by atoms with E-state index in [4.69, 9.17) is 0 Å². The molecule has 1 unspecified atom stereocenters. The van der Waals surface area contributed by atoms with Gasteiger partial charge in [-0.25, -0.2) is 8.78 Å². The molecule has 0 saturated carbocycles. The van der Waals surface area contributed by atoms with E-state index in [9.17, 15) is 27.1 Å². The Morgan fingerprint density at radius 2 is 1.56 bits per heavy atom. The summed E-state index contributed by atoms with van der Waals surface area (Å²) in [4.78, 5) is 0. The normalized spacial score (nSPS) is 15.9. The van der Waals surface area contributed by atoms with Gasteiger partial charge in [-0.3, -0.25) is 0 Å². The minimum absolute atomic E-state index is 0.671. The van der Waals surface area contributed by atoms with Crippen molar-refractivity contribution in [1.82, 2.24) is 0 Å². The number of aliphatic hydroxyl groups is 1. The highest BCUT2D eigenvalue weighted by Crippen LogP contribution is 2.43. The predicted octanol–water partition coefficient (Wildman–Crippen LogP) is 3.12. The lowest BCUT2D eigenvalue weighted by Gasteiger charge is -2.30. The van der Waals surface area contributed by atoms with Crippen molar-refractivity contribution in [3.05, 3.63) is 35.4 Å². The Kier molecular flexibility index (Phi) is 3.23. The van der Waals surface area contributed by atoms with Gasteiger partial charge in [0.25, 0.3) is 0 Å². The molecule has 0 bridgehead atoms. The van der Waals surface area contributed by atoms with Gasteiger partial charge in [-0.2, -0.15) is 13.2 Å². The molecule has 1 aromatic rings. The van der Waals surface area contributed by atoms with Gasteiger partial charge < -0.3 is 5.11 Å². The topological polar surface area (TPSA) is 20.2 Å². The molecule has 0 aliphatic heterocycles. The summed E-state index contributed by atoms with van der Waals surface area (Å²) in [5.74, 6) is -2.83. The number of halogens is 5. The van der Waals surface area contributed by atoms with Gasteiger partial charge in [0.2, 0.25) is 0 Å². The second-order valence-electron chi connectivity index (χ2n) is 3.31. The maximum atomic E-state index is 13.2. The van der Waals surface area contributed by atoms with E-state index in [0.29, 0.717) is 12.1 Å². The van der Waals surface area contributed by atoms with Crippen LogP contribution in [0.5, 0.6) is 0 Å². The van der Waals surface area contributed by atoms with E-state index in [-0.39, 0.29) is 0 Å². The molecule has 1 atom stereocenters. The number of hydrogen-bond donors (Lipinski definition) is 1. The second-order valence-corrected chi connectivity index (χ2v) is 3.31. The molecule has 90 valence electrons. The summed E-state index contributed by atoms with van der Waals surface area (Å²) in [6.45, 7) is 0.999. The fourth-order valence-corrected chi connectivity index (χ4v) is 1.41. The number of hydrogen-bond acceptors (Lipinski definition) is 1. The average Bonchev–Trinajstić information content (AvgIpc) is 2.15. The summed E-state index contributed by atoms with van der Waals surface area (Å²) < 4.78 is 64.0. The molecule has 0 saturated heterocycles. The first-order valence-corrected chi connectivity index (χ1v) is 4.47. The lowest BCUT2D eigenvalue weighted by Crippen LogP contribution is -2.43. The predicted molar refractivity (Wildman–Crippen MR) is 46.6 cm³/mol. The van der Waals surface area contributed by atoms with Crippen LogP contribution in [0.25, 0.3) is 0 Å². The highest BCUT2D eigenvalue weighted by Gasteiger charge is 2.56. The summed E-state index contributed by atoms with van der Waals surface area (Å²) in [6, 6.07) is 2.27. The zero-order valence-electron chi connectivity index (χ0n) is 8.28. The van der Waals surface area contributed by atoms with Crippen LogP contribution in [0.2, 0.25) is 0 Å². The molecule has 0 fully saturated rings. The molecule has 16 heavy (non-hydrogen) atoms. The molecule has 0 heterocycles. The van der Waals surface area contributed by atoms with Crippen LogP contribution in [0.4, 0.5) is 22.0 Å². The molecule has 1 aromatic carbocycles. The van der Waals surface area contributed by atoms with Gasteiger partial charge in [-0.15, -0.1) is 0 Å². The third-order valence-corrected chi connectivity index (χ3v) is 2.36. The molecule has 1 rings (SSSR count). The van der Waals surface area contributed by atoms with Crippen molar-refractivity contribution in [2.24, 2.45) is 0 Å². The van der Waals surface area contributed by atoms with Crippen molar-refractivity contribution < 1.29 is 27.1 Å². The van der Waals surface area contributed by atoms with Crippen molar-refractivity contribution >= 4 is 0 Å². The molecule has 6 heteroatoms. The maximum Gasteiger partial charge on any atom is 0.421 e. The first-order chi connectivity index (χ1) is 7.24. The Morgan fingerprint density at radius 1 is 1.12 bits per heavy atom. The SMILES string of the molecule is CCC(O)(c1c(F)cccc1F)C(F)(F)F. The van der Waals surface area contributed by atoms with Gasteiger partial charge in [0.1, 0.15) is 11.6 Å². The summed E-state index contributed by atoms with van der Waals surface area (Å²) in [5, 5.41) is 9.38. The van der Waals surface area contributed by atoms with Crippen molar-refractivity contribution in [3.63, 3.8) is 0 Å². The molecule has 1 N–H and O–H groups in total. The smallest absolute Gasteiger partial charge is 0.376 e. The first kappa shape index (κ1) is 12.9. The highest BCUT2D eigenvalue weighted by molar-refractivity contribution is 5.27. The van der Waals surface area contributed by atoms with Gasteiger partial charge in [-0.05, 0) is 18.6 Å². The Hall–Kier alpha value is -1.17. The van der Waals surface area contributed by atoms with E-state index in [1.54, 1.807) is 0 Å². The molecule has 0 aliphatic rings. The minimum Gasteiger partial charge on any atom is -0.376 e. The van der Waals surface area contributed by atoms with Gasteiger partial charge in [0.05, 0.1) is 5.56 Å². The van der Waals surface area contributed by atoms with Crippen LogP contribution in [0.1, 0.15) is 18.9 Å². The molecule has 0 aromatic heterocycles. The average molecular weight is 240 g/mol. The summed E-state index contributed by atoms with van der Waals surface area (Å²) in [7, 11) is 0. The monoisotopic (exact) mass is 240 g/mol. The Morgan fingerprint density at radius 3 is 1.88 bits per heavy atom. The standard InChI is InChI=1S/C10H9F5O/c1-2-9(16,10(13,14)15)8-6(11)4-3-5-7(8)12/h3-5,16H,2H2,1H3. The zero-order valence-corrected chi connectivity index (χ0v) is 8.28. The van der Waals surface area contributed by atoms with Crippen molar-refractivity contribution in [3.8, 4) is 0 Å². The largest absolute Gasteiger partial charge is 0.421 e. The summed E-state index contributed by atoms with van der Waals surface area (Å²) in [6.07, 6.45) is -6.00. The van der Waals surface area contributed by atoms with Gasteiger partial charge >= 0.3 is 6.18 Å². The van der Waals surface area contributed by atoms with Crippen molar-refractivity contribution in [1.29, 1.82) is 0 Å². The molecule has 1 nitrogen and oxygen atoms in total. The quantitative estimate of drug-likeness (QED) is 0.787. The van der Waals surface area contributed by atoms with E-state index in [0.717, 1.165) is 13.0 Å². The van der Waals surface area contributed by atoms with E-state index in [1.807, 2.05) is 0 Å². The third-order valence-electron chi connectivity index (χ3n) is 2.36. The first-order valence-electron chi connectivity index (χ1n) is 4.47. The van der Waals surface area contributed by atoms with Crippen molar-refractivity contribution in [2.45, 2.75) is 25.1 Å². The molecular weight excluding hydrogens is 231 g/mol. The molecule has 0 amide bonds.